The number of rotatable bonds is 3. The van der Waals surface area contributed by atoms with E-state index in [0.717, 1.165) is 23.7 Å². The number of nitrogens with one attached hydrogen (secondary N) is 1. The number of aromatic nitrogens is 1. The number of thioether (sulfide) groups is 1. The molecule has 1 aromatic rings. The van der Waals surface area contributed by atoms with Crippen LogP contribution in [0.15, 0.2) is 18.5 Å². The second kappa shape index (κ2) is 5.36. The fourth-order valence-corrected chi connectivity index (χ4v) is 4.79. The van der Waals surface area contributed by atoms with Gasteiger partial charge in [-0.05, 0) is 6.07 Å². The van der Waals surface area contributed by atoms with Gasteiger partial charge in [-0.25, -0.2) is 8.42 Å². The van der Waals surface area contributed by atoms with Crippen molar-refractivity contribution in [3.8, 4) is 0 Å². The predicted molar refractivity (Wildman–Crippen MR) is 77.1 cm³/mol. The Labute approximate surface area is 112 Å². The van der Waals surface area contributed by atoms with Crippen molar-refractivity contribution in [3.05, 3.63) is 18.5 Å². The smallest absolute Gasteiger partial charge is 0.169 e. The monoisotopic (exact) mass is 287 g/mol. The molecule has 1 N–H and O–H groups in total. The van der Waals surface area contributed by atoms with Crippen molar-refractivity contribution in [2.75, 3.05) is 41.6 Å². The number of hydrogen-bond donors (Lipinski definition) is 1. The summed E-state index contributed by atoms with van der Waals surface area (Å²) in [6.07, 6.45) is 4.73. The van der Waals surface area contributed by atoms with E-state index in [0.29, 0.717) is 5.75 Å². The SMILES string of the molecule is CNc1cncc(N2CCSCC2S(C)(=O)=O)c1. The number of sulfone groups is 1. The fraction of sp³-hybridized carbons (Fsp3) is 0.545. The summed E-state index contributed by atoms with van der Waals surface area (Å²) in [6.45, 7) is 0.733. The van der Waals surface area contributed by atoms with Crippen molar-refractivity contribution in [2.24, 2.45) is 0 Å². The van der Waals surface area contributed by atoms with E-state index in [4.69, 9.17) is 0 Å². The van der Waals surface area contributed by atoms with Crippen LogP contribution in [0.5, 0.6) is 0 Å². The van der Waals surface area contributed by atoms with E-state index in [1.165, 1.54) is 6.26 Å². The van der Waals surface area contributed by atoms with Crippen LogP contribution in [0.4, 0.5) is 11.4 Å². The van der Waals surface area contributed by atoms with E-state index in [9.17, 15) is 8.42 Å². The molecule has 1 fully saturated rings. The Morgan fingerprint density at radius 3 is 2.94 bits per heavy atom. The first-order chi connectivity index (χ1) is 8.52. The highest BCUT2D eigenvalue weighted by Gasteiger charge is 2.31. The van der Waals surface area contributed by atoms with Crippen molar-refractivity contribution >= 4 is 33.0 Å². The summed E-state index contributed by atoms with van der Waals surface area (Å²) in [5.41, 5.74) is 1.75. The standard InChI is InChI=1S/C11H17N3O2S2/c1-12-9-5-10(7-13-6-9)14-3-4-17-8-11(14)18(2,15)16/h5-7,11-12H,3-4,8H2,1-2H3. The molecule has 5 nitrogen and oxygen atoms in total. The summed E-state index contributed by atoms with van der Waals surface area (Å²) < 4.78 is 23.7. The van der Waals surface area contributed by atoms with Gasteiger partial charge in [0.15, 0.2) is 9.84 Å². The van der Waals surface area contributed by atoms with Gasteiger partial charge in [0.2, 0.25) is 0 Å². The topological polar surface area (TPSA) is 62.3 Å². The average molecular weight is 287 g/mol. The van der Waals surface area contributed by atoms with Crippen LogP contribution < -0.4 is 10.2 Å². The van der Waals surface area contributed by atoms with Gasteiger partial charge in [0.1, 0.15) is 5.37 Å². The molecule has 0 amide bonds. The Morgan fingerprint density at radius 2 is 2.28 bits per heavy atom. The molecule has 1 unspecified atom stereocenters. The van der Waals surface area contributed by atoms with Gasteiger partial charge in [-0.3, -0.25) is 4.98 Å². The minimum atomic E-state index is -3.09. The number of pyridine rings is 1. The van der Waals surface area contributed by atoms with Crippen molar-refractivity contribution in [2.45, 2.75) is 5.37 Å². The first-order valence-electron chi connectivity index (χ1n) is 5.68. The molecule has 1 aliphatic heterocycles. The van der Waals surface area contributed by atoms with Crippen LogP contribution in [0.1, 0.15) is 0 Å². The lowest BCUT2D eigenvalue weighted by Crippen LogP contribution is -2.47. The first-order valence-corrected chi connectivity index (χ1v) is 8.79. The van der Waals surface area contributed by atoms with Gasteiger partial charge in [0.05, 0.1) is 23.8 Å². The summed E-state index contributed by atoms with van der Waals surface area (Å²) in [5.74, 6) is 1.55. The van der Waals surface area contributed by atoms with Crippen molar-refractivity contribution in [3.63, 3.8) is 0 Å². The molecule has 0 radical (unpaired) electrons. The molecule has 100 valence electrons. The zero-order chi connectivity index (χ0) is 13.2. The maximum absolute atomic E-state index is 11.8. The van der Waals surface area contributed by atoms with Crippen molar-refractivity contribution in [1.29, 1.82) is 0 Å². The van der Waals surface area contributed by atoms with E-state index < -0.39 is 15.2 Å². The van der Waals surface area contributed by atoms with Gasteiger partial charge in [0.25, 0.3) is 0 Å². The van der Waals surface area contributed by atoms with Gasteiger partial charge >= 0.3 is 0 Å². The molecule has 1 aromatic heterocycles. The molecule has 1 atom stereocenters. The third kappa shape index (κ3) is 2.89. The average Bonchev–Trinajstić information content (AvgIpc) is 2.38. The molecule has 18 heavy (non-hydrogen) atoms. The van der Waals surface area contributed by atoms with Crippen LogP contribution in [0, 0.1) is 0 Å². The summed E-state index contributed by atoms with van der Waals surface area (Å²) in [5, 5.41) is 2.56. The largest absolute Gasteiger partial charge is 0.387 e. The van der Waals surface area contributed by atoms with Crippen LogP contribution in [-0.4, -0.2) is 50.1 Å². The second-order valence-corrected chi connectivity index (χ2v) is 7.59. The van der Waals surface area contributed by atoms with Gasteiger partial charge in [-0.1, -0.05) is 0 Å². The summed E-state index contributed by atoms with van der Waals surface area (Å²) in [7, 11) is -1.27. The highest BCUT2D eigenvalue weighted by molar-refractivity contribution is 8.01. The lowest BCUT2D eigenvalue weighted by Gasteiger charge is -2.35. The van der Waals surface area contributed by atoms with Gasteiger partial charge in [0, 0.05) is 31.4 Å². The lowest BCUT2D eigenvalue weighted by molar-refractivity contribution is 0.584. The first kappa shape index (κ1) is 13.5. The van der Waals surface area contributed by atoms with Gasteiger partial charge in [-0.2, -0.15) is 11.8 Å². The lowest BCUT2D eigenvalue weighted by atomic mass is 10.3. The number of anilines is 2. The third-order valence-corrected chi connectivity index (χ3v) is 5.57. The molecule has 2 heterocycles. The van der Waals surface area contributed by atoms with E-state index in [1.807, 2.05) is 18.0 Å². The highest BCUT2D eigenvalue weighted by Crippen LogP contribution is 2.27. The molecule has 2 rings (SSSR count). The van der Waals surface area contributed by atoms with Crippen LogP contribution in [0.2, 0.25) is 0 Å². The van der Waals surface area contributed by atoms with E-state index >= 15 is 0 Å². The highest BCUT2D eigenvalue weighted by atomic mass is 32.2. The molecule has 0 aliphatic carbocycles. The molecule has 0 spiro atoms. The van der Waals surface area contributed by atoms with Crippen LogP contribution in [0.3, 0.4) is 0 Å². The molecule has 0 bridgehead atoms. The Hall–Kier alpha value is -0.950. The quantitative estimate of drug-likeness (QED) is 0.896. The molecule has 1 aliphatic rings. The van der Waals surface area contributed by atoms with E-state index in [1.54, 1.807) is 24.2 Å². The predicted octanol–water partition coefficient (Wildman–Crippen LogP) is 1.05. The van der Waals surface area contributed by atoms with Crippen molar-refractivity contribution in [1.82, 2.24) is 4.98 Å². The summed E-state index contributed by atoms with van der Waals surface area (Å²) >= 11 is 1.68. The van der Waals surface area contributed by atoms with Crippen LogP contribution in [0.25, 0.3) is 0 Å². The summed E-state index contributed by atoms with van der Waals surface area (Å²) in [6, 6.07) is 1.93. The molecule has 0 saturated carbocycles. The van der Waals surface area contributed by atoms with Crippen LogP contribution in [-0.2, 0) is 9.84 Å². The molecular weight excluding hydrogens is 270 g/mol. The Bertz CT molecular complexity index is 519. The van der Waals surface area contributed by atoms with E-state index in [-0.39, 0.29) is 0 Å². The Kier molecular flexibility index (Phi) is 4.01. The molecule has 0 aromatic carbocycles. The van der Waals surface area contributed by atoms with Crippen LogP contribution >= 0.6 is 11.8 Å². The molecule has 1 saturated heterocycles. The molecular formula is C11H17N3O2S2. The van der Waals surface area contributed by atoms with E-state index in [2.05, 4.69) is 10.3 Å². The maximum Gasteiger partial charge on any atom is 0.169 e. The van der Waals surface area contributed by atoms with Gasteiger partial charge in [-0.15, -0.1) is 0 Å². The zero-order valence-corrected chi connectivity index (χ0v) is 12.1. The minimum absolute atomic E-state index is 0.454. The van der Waals surface area contributed by atoms with Gasteiger partial charge < -0.3 is 10.2 Å². The third-order valence-electron chi connectivity index (χ3n) is 2.92. The Morgan fingerprint density at radius 1 is 1.50 bits per heavy atom. The zero-order valence-electron chi connectivity index (χ0n) is 10.5. The number of hydrogen-bond acceptors (Lipinski definition) is 6. The van der Waals surface area contributed by atoms with Crippen molar-refractivity contribution < 1.29 is 8.42 Å². The fourth-order valence-electron chi connectivity index (χ4n) is 1.95. The maximum atomic E-state index is 11.8. The second-order valence-electron chi connectivity index (χ2n) is 4.23. The normalized spacial score (nSPS) is 20.8. The Balaban J connectivity index is 2.33. The minimum Gasteiger partial charge on any atom is -0.387 e. The molecule has 7 heteroatoms. The summed E-state index contributed by atoms with van der Waals surface area (Å²) in [4.78, 5) is 6.07. The number of nitrogens with zero attached hydrogens (tertiary/aromatic N) is 2.